The van der Waals surface area contributed by atoms with Crippen LogP contribution in [0, 0.1) is 0 Å². The van der Waals surface area contributed by atoms with Gasteiger partial charge < -0.3 is 11.1 Å². The molecular weight excluding hydrogens is 255 g/mol. The Morgan fingerprint density at radius 1 is 1.21 bits per heavy atom. The first-order valence-corrected chi connectivity index (χ1v) is 5.91. The first-order chi connectivity index (χ1) is 8.93. The van der Waals surface area contributed by atoms with Gasteiger partial charge in [0.05, 0.1) is 23.1 Å². The minimum absolute atomic E-state index is 0.0760. The summed E-state index contributed by atoms with van der Waals surface area (Å²) in [6.07, 6.45) is -2.74. The highest BCUT2D eigenvalue weighted by molar-refractivity contribution is 5.97. The van der Waals surface area contributed by atoms with E-state index in [1.165, 1.54) is 6.20 Å². The molecule has 0 spiro atoms. The predicted molar refractivity (Wildman–Crippen MR) is 67.8 cm³/mol. The van der Waals surface area contributed by atoms with E-state index in [-0.39, 0.29) is 18.5 Å². The number of hydrogen-bond acceptors (Lipinski definition) is 3. The van der Waals surface area contributed by atoms with Crippen molar-refractivity contribution in [3.8, 4) is 0 Å². The summed E-state index contributed by atoms with van der Waals surface area (Å²) in [4.78, 5) is 4.11. The van der Waals surface area contributed by atoms with E-state index >= 15 is 0 Å². The van der Waals surface area contributed by atoms with E-state index in [0.29, 0.717) is 16.6 Å². The molecule has 0 unspecified atom stereocenters. The first kappa shape index (κ1) is 12.1. The highest BCUT2D eigenvalue weighted by Gasteiger charge is 2.63. The Morgan fingerprint density at radius 2 is 1.89 bits per heavy atom. The number of anilines is 2. The second-order valence-corrected chi connectivity index (χ2v) is 4.81. The van der Waals surface area contributed by atoms with Gasteiger partial charge in [-0.2, -0.15) is 13.2 Å². The Labute approximate surface area is 107 Å². The van der Waals surface area contributed by atoms with Gasteiger partial charge in [0.2, 0.25) is 0 Å². The van der Waals surface area contributed by atoms with Gasteiger partial charge in [0.1, 0.15) is 5.54 Å². The lowest BCUT2D eigenvalue weighted by Gasteiger charge is -2.23. The summed E-state index contributed by atoms with van der Waals surface area (Å²) in [5.74, 6) is 0. The van der Waals surface area contributed by atoms with Gasteiger partial charge in [-0.05, 0) is 18.9 Å². The maximum absolute atomic E-state index is 13.0. The second-order valence-electron chi connectivity index (χ2n) is 4.81. The number of alkyl halides is 3. The number of para-hydroxylation sites is 1. The fraction of sp³-hybridized carbons (Fsp3) is 0.308. The highest BCUT2D eigenvalue weighted by atomic mass is 19.4. The van der Waals surface area contributed by atoms with Crippen LogP contribution in [0.2, 0.25) is 0 Å². The average molecular weight is 267 g/mol. The summed E-state index contributed by atoms with van der Waals surface area (Å²) in [7, 11) is 0. The van der Waals surface area contributed by atoms with E-state index in [0.717, 1.165) is 0 Å². The van der Waals surface area contributed by atoms with Crippen molar-refractivity contribution < 1.29 is 13.2 Å². The molecule has 3 rings (SSSR count). The minimum Gasteiger partial charge on any atom is -0.396 e. The van der Waals surface area contributed by atoms with Gasteiger partial charge in [-0.15, -0.1) is 0 Å². The predicted octanol–water partition coefficient (Wildman–Crippen LogP) is 3.32. The molecule has 0 atom stereocenters. The lowest BCUT2D eigenvalue weighted by atomic mass is 10.1. The fourth-order valence-corrected chi connectivity index (χ4v) is 2.14. The fourth-order valence-electron chi connectivity index (χ4n) is 2.14. The number of nitrogens with two attached hydrogens (primary N) is 1. The Hall–Kier alpha value is -1.98. The molecule has 2 aromatic rings. The average Bonchev–Trinajstić information content (AvgIpc) is 3.13. The van der Waals surface area contributed by atoms with Crippen molar-refractivity contribution in [2.45, 2.75) is 24.6 Å². The van der Waals surface area contributed by atoms with Crippen molar-refractivity contribution in [3.05, 3.63) is 30.5 Å². The van der Waals surface area contributed by atoms with Crippen LogP contribution in [-0.2, 0) is 0 Å². The molecule has 0 amide bonds. The molecule has 1 saturated carbocycles. The molecule has 19 heavy (non-hydrogen) atoms. The number of halogens is 3. The van der Waals surface area contributed by atoms with Crippen LogP contribution in [0.15, 0.2) is 30.5 Å². The van der Waals surface area contributed by atoms with Gasteiger partial charge in [0, 0.05) is 5.39 Å². The van der Waals surface area contributed by atoms with Crippen molar-refractivity contribution in [2.75, 3.05) is 11.1 Å². The van der Waals surface area contributed by atoms with Gasteiger partial charge in [0.25, 0.3) is 0 Å². The smallest absolute Gasteiger partial charge is 0.396 e. The van der Waals surface area contributed by atoms with Crippen LogP contribution < -0.4 is 11.1 Å². The van der Waals surface area contributed by atoms with Crippen molar-refractivity contribution in [3.63, 3.8) is 0 Å². The maximum Gasteiger partial charge on any atom is 0.411 e. The molecule has 3 nitrogen and oxygen atoms in total. The summed E-state index contributed by atoms with van der Waals surface area (Å²) in [5, 5.41) is 3.20. The standard InChI is InChI=1S/C13H12F3N3/c14-13(15,16)12(5-6-12)19-11-8-3-1-2-4-10(8)18-7-9(11)17/h1-4,7H,5-6,17H2,(H,18,19). The summed E-state index contributed by atoms with van der Waals surface area (Å²) >= 11 is 0. The van der Waals surface area contributed by atoms with Crippen molar-refractivity contribution >= 4 is 22.3 Å². The lowest BCUT2D eigenvalue weighted by Crippen LogP contribution is -2.38. The quantitative estimate of drug-likeness (QED) is 0.877. The van der Waals surface area contributed by atoms with Crippen molar-refractivity contribution in [1.82, 2.24) is 4.98 Å². The number of benzene rings is 1. The Bertz CT molecular complexity index is 633. The molecule has 1 fully saturated rings. The number of nitrogen functional groups attached to an aromatic ring is 1. The number of rotatable bonds is 2. The van der Waals surface area contributed by atoms with E-state index in [1.807, 2.05) is 0 Å². The first-order valence-electron chi connectivity index (χ1n) is 5.91. The third-order valence-electron chi connectivity index (χ3n) is 3.46. The summed E-state index contributed by atoms with van der Waals surface area (Å²) in [6.45, 7) is 0. The van der Waals surface area contributed by atoms with E-state index in [1.54, 1.807) is 24.3 Å². The van der Waals surface area contributed by atoms with E-state index in [2.05, 4.69) is 10.3 Å². The Balaban J connectivity index is 2.08. The van der Waals surface area contributed by atoms with Gasteiger partial charge in [-0.3, -0.25) is 4.98 Å². The van der Waals surface area contributed by atoms with Crippen LogP contribution in [0.5, 0.6) is 0 Å². The van der Waals surface area contributed by atoms with E-state index < -0.39 is 11.7 Å². The molecule has 0 saturated heterocycles. The zero-order valence-corrected chi connectivity index (χ0v) is 9.96. The molecule has 0 bridgehead atoms. The van der Waals surface area contributed by atoms with Gasteiger partial charge in [0.15, 0.2) is 0 Å². The second kappa shape index (κ2) is 3.76. The zero-order chi connectivity index (χ0) is 13.7. The number of hydrogen-bond donors (Lipinski definition) is 2. The van der Waals surface area contributed by atoms with Crippen molar-refractivity contribution in [2.24, 2.45) is 0 Å². The summed E-state index contributed by atoms with van der Waals surface area (Å²) < 4.78 is 39.0. The number of nitrogens with zero attached hydrogens (tertiary/aromatic N) is 1. The van der Waals surface area contributed by atoms with Crippen molar-refractivity contribution in [1.29, 1.82) is 0 Å². The van der Waals surface area contributed by atoms with E-state index in [9.17, 15) is 13.2 Å². The van der Waals surface area contributed by atoms with Crippen LogP contribution in [0.4, 0.5) is 24.5 Å². The van der Waals surface area contributed by atoms with Crippen LogP contribution in [-0.4, -0.2) is 16.7 Å². The number of pyridine rings is 1. The summed E-state index contributed by atoms with van der Waals surface area (Å²) in [6, 6.07) is 6.99. The molecule has 1 aliphatic carbocycles. The topological polar surface area (TPSA) is 50.9 Å². The molecular formula is C13H12F3N3. The summed E-state index contributed by atoms with van der Waals surface area (Å²) in [5.41, 5.74) is 5.12. The Kier molecular flexibility index (Phi) is 2.39. The molecule has 0 radical (unpaired) electrons. The van der Waals surface area contributed by atoms with Gasteiger partial charge >= 0.3 is 6.18 Å². The van der Waals surface area contributed by atoms with Crippen LogP contribution in [0.3, 0.4) is 0 Å². The van der Waals surface area contributed by atoms with E-state index in [4.69, 9.17) is 5.73 Å². The molecule has 3 N–H and O–H groups in total. The lowest BCUT2D eigenvalue weighted by molar-refractivity contribution is -0.151. The molecule has 1 heterocycles. The third-order valence-corrected chi connectivity index (χ3v) is 3.46. The third kappa shape index (κ3) is 1.87. The van der Waals surface area contributed by atoms with Gasteiger partial charge in [-0.1, -0.05) is 18.2 Å². The van der Waals surface area contributed by atoms with Crippen LogP contribution in [0.1, 0.15) is 12.8 Å². The molecule has 1 aromatic heterocycles. The molecule has 1 aliphatic rings. The SMILES string of the molecule is Nc1cnc2ccccc2c1NC1(C(F)(F)F)CC1. The van der Waals surface area contributed by atoms with Crippen LogP contribution in [0.25, 0.3) is 10.9 Å². The number of fused-ring (bicyclic) bond motifs is 1. The Morgan fingerprint density at radius 3 is 2.53 bits per heavy atom. The molecule has 1 aromatic carbocycles. The highest BCUT2D eigenvalue weighted by Crippen LogP contribution is 2.52. The molecule has 0 aliphatic heterocycles. The zero-order valence-electron chi connectivity index (χ0n) is 9.96. The normalized spacial score (nSPS) is 17.4. The number of nitrogens with one attached hydrogen (secondary N) is 1. The number of aromatic nitrogens is 1. The molecule has 100 valence electrons. The molecule has 6 heteroatoms. The maximum atomic E-state index is 13.0. The minimum atomic E-state index is -4.27. The van der Waals surface area contributed by atoms with Crippen LogP contribution >= 0.6 is 0 Å². The van der Waals surface area contributed by atoms with Gasteiger partial charge in [-0.25, -0.2) is 0 Å². The largest absolute Gasteiger partial charge is 0.411 e. The monoisotopic (exact) mass is 267 g/mol.